The van der Waals surface area contributed by atoms with Crippen molar-refractivity contribution >= 4 is 65.0 Å². The van der Waals surface area contributed by atoms with Gasteiger partial charge >= 0.3 is 0 Å². The Morgan fingerprint density at radius 1 is 0.457 bits per heavy atom. The maximum Gasteiger partial charge on any atom is 0.246 e. The Labute approximate surface area is 548 Å². The van der Waals surface area contributed by atoms with Crippen LogP contribution in [0.25, 0.3) is 0 Å². The summed E-state index contributed by atoms with van der Waals surface area (Å²) < 4.78 is 5.95. The van der Waals surface area contributed by atoms with Gasteiger partial charge < -0.3 is 65.4 Å². The van der Waals surface area contributed by atoms with Crippen LogP contribution in [0.15, 0.2) is 24.5 Å². The van der Waals surface area contributed by atoms with Gasteiger partial charge in [-0.05, 0) is 118 Å². The van der Waals surface area contributed by atoms with Crippen LogP contribution in [0.4, 0.5) is 0 Å². The summed E-state index contributed by atoms with van der Waals surface area (Å²) in [6.07, 6.45) is 2.46. The minimum Gasteiger partial charge on any atom is -0.390 e. The zero-order valence-electron chi connectivity index (χ0n) is 59.9. The van der Waals surface area contributed by atoms with Gasteiger partial charge in [0.15, 0.2) is 0 Å². The summed E-state index contributed by atoms with van der Waals surface area (Å²) in [6.45, 7) is 29.9. The molecule has 0 aromatic carbocycles. The van der Waals surface area contributed by atoms with Crippen LogP contribution >= 0.6 is 0 Å². The third-order valence-electron chi connectivity index (χ3n) is 17.6. The second-order valence-electron chi connectivity index (χ2n) is 27.9. The van der Waals surface area contributed by atoms with E-state index in [1.165, 1.54) is 94.6 Å². The van der Waals surface area contributed by atoms with Crippen molar-refractivity contribution in [3.63, 3.8) is 0 Å². The number of aliphatic hydroxyl groups excluding tert-OH is 1. The fraction of sp³-hybridized carbons (Fsp3) is 0.761. The summed E-state index contributed by atoms with van der Waals surface area (Å²) in [6, 6.07) is -10.2. The number of amides is 11. The first-order chi connectivity index (χ1) is 42.7. The van der Waals surface area contributed by atoms with Crippen molar-refractivity contribution in [1.29, 1.82) is 0 Å². The van der Waals surface area contributed by atoms with E-state index in [-0.39, 0.29) is 75.4 Å². The van der Waals surface area contributed by atoms with Crippen molar-refractivity contribution in [2.24, 2.45) is 41.4 Å². The molecule has 25 heteroatoms. The fourth-order valence-corrected chi connectivity index (χ4v) is 11.5. The molecular formula is C67H116N12O13. The smallest absolute Gasteiger partial charge is 0.246 e. The normalized spacial score (nSPS) is 26.4. The molecule has 0 saturated carbocycles. The third-order valence-corrected chi connectivity index (χ3v) is 17.6. The molecule has 2 rings (SSSR count). The summed E-state index contributed by atoms with van der Waals surface area (Å²) in [5, 5.41) is 23.4. The number of nitrogens with zero attached hydrogens (tertiary/aromatic N) is 8. The van der Waals surface area contributed by atoms with Crippen LogP contribution in [0.1, 0.15) is 162 Å². The molecule has 0 unspecified atom stereocenters. The average Bonchev–Trinajstić information content (AvgIpc) is 0.824. The highest BCUT2D eigenvalue weighted by molar-refractivity contribution is 6.00. The fourth-order valence-electron chi connectivity index (χ4n) is 11.5. The summed E-state index contributed by atoms with van der Waals surface area (Å²) in [7, 11) is 9.92. The molecule has 522 valence electrons. The van der Waals surface area contributed by atoms with Gasteiger partial charge in [-0.1, -0.05) is 96.9 Å². The van der Waals surface area contributed by atoms with Gasteiger partial charge in [0.25, 0.3) is 0 Å². The van der Waals surface area contributed by atoms with Crippen LogP contribution in [-0.2, 0) is 64.1 Å². The summed E-state index contributed by atoms with van der Waals surface area (Å²) in [5.41, 5.74) is 0.861. The van der Waals surface area contributed by atoms with E-state index in [2.05, 4.69) is 26.3 Å². The number of carbonyl (C=O) groups excluding carboxylic acids is 11. The van der Waals surface area contributed by atoms with Gasteiger partial charge in [-0.2, -0.15) is 0 Å². The molecule has 0 bridgehead atoms. The number of hydrogen-bond donors (Lipinski definition) is 5. The lowest BCUT2D eigenvalue weighted by Crippen LogP contribution is -2.64. The number of pyridine rings is 1. The predicted molar refractivity (Wildman–Crippen MR) is 352 cm³/mol. The van der Waals surface area contributed by atoms with Gasteiger partial charge in [0.2, 0.25) is 65.0 Å². The molecule has 1 aromatic heterocycles. The number of likely N-dealkylation sites (N-methyl/N-ethyl adjacent to an activating group) is 7. The Kier molecular flexibility index (Phi) is 32.9. The summed E-state index contributed by atoms with van der Waals surface area (Å²) in [5.74, 6) is -10.1. The first-order valence-corrected chi connectivity index (χ1v) is 32.9. The van der Waals surface area contributed by atoms with Crippen LogP contribution < -0.4 is 21.3 Å². The third kappa shape index (κ3) is 22.5. The van der Waals surface area contributed by atoms with E-state index in [0.717, 1.165) is 15.4 Å². The Bertz CT molecular complexity index is 2640. The molecule has 0 aliphatic carbocycles. The molecule has 25 nitrogen and oxygen atoms in total. The minimum absolute atomic E-state index is 0.00789. The Morgan fingerprint density at radius 3 is 1.35 bits per heavy atom. The molecule has 1 aliphatic rings. The molecule has 0 spiro atoms. The summed E-state index contributed by atoms with van der Waals surface area (Å²) >= 11 is 0. The molecule has 5 N–H and O–H groups in total. The SMILES string of the molecule is CC[C@H]1NC(=O)[C@@H]([C@H](O)[C@H](C)CCOCc2ccncc2)N(C)C(=O)[C@@H](C(C)C)N(C)C(=O)[C@@H](CC(C)C)N(C)C(=O)[C@@H](CC(C)C)N(C)C(=O)[C@H](C)NC(=O)[C@@H](C)NC(=O)[C@@H](CC(C)C)N(C)C(=O)[C@@H](C(C)C)NC(=O)[C@H](CC(C)C)N(C)C(=O)[C@@H](C)N(C)C1=O. The molecule has 11 amide bonds. The van der Waals surface area contributed by atoms with Crippen LogP contribution in [-0.4, -0.2) is 238 Å². The molecule has 92 heavy (non-hydrogen) atoms. The lowest BCUT2D eigenvalue weighted by molar-refractivity contribution is -0.157. The van der Waals surface area contributed by atoms with Gasteiger partial charge in [0.1, 0.15) is 66.5 Å². The lowest BCUT2D eigenvalue weighted by atomic mass is 9.91. The van der Waals surface area contributed by atoms with Crippen LogP contribution in [0.5, 0.6) is 0 Å². The van der Waals surface area contributed by atoms with Crippen LogP contribution in [0.2, 0.25) is 0 Å². The zero-order valence-corrected chi connectivity index (χ0v) is 59.9. The van der Waals surface area contributed by atoms with Gasteiger partial charge in [-0.25, -0.2) is 0 Å². The highest BCUT2D eigenvalue weighted by atomic mass is 16.5. The monoisotopic (exact) mass is 1300 g/mol. The number of hydrogen-bond acceptors (Lipinski definition) is 14. The highest BCUT2D eigenvalue weighted by Crippen LogP contribution is 2.26. The molecular weight excluding hydrogens is 1180 g/mol. The van der Waals surface area contributed by atoms with Gasteiger partial charge in [-0.3, -0.25) is 57.7 Å². The van der Waals surface area contributed by atoms with Crippen molar-refractivity contribution < 1.29 is 62.6 Å². The van der Waals surface area contributed by atoms with E-state index in [9.17, 15) is 38.7 Å². The van der Waals surface area contributed by atoms with E-state index in [1.54, 1.807) is 66.1 Å². The van der Waals surface area contributed by atoms with E-state index < -0.39 is 155 Å². The van der Waals surface area contributed by atoms with Gasteiger partial charge in [0.05, 0.1) is 12.7 Å². The number of rotatable bonds is 18. The molecule has 13 atom stereocenters. The molecule has 1 aliphatic heterocycles. The Morgan fingerprint density at radius 2 is 0.880 bits per heavy atom. The maximum atomic E-state index is 15.4. The molecule has 2 heterocycles. The minimum atomic E-state index is -1.68. The number of ether oxygens (including phenoxy) is 1. The lowest BCUT2D eigenvalue weighted by Gasteiger charge is -2.41. The van der Waals surface area contributed by atoms with E-state index in [0.29, 0.717) is 0 Å². The molecule has 0 radical (unpaired) electrons. The molecule has 1 fully saturated rings. The standard InChI is InChI=1S/C67H116N12O13/c1-25-48-63(87)73(18)46(17)62(86)74(19)50(33-38(4)5)59(83)72-53(41(10)11)66(90)75(20)49(32-37(2)3)58(82)69-44(15)57(81)70-45(16)61(85)76(21)51(34-39(6)7)64(88)77(22)52(35-40(8)9)65(89)78(23)54(42(12)13)67(91)79(24)55(60(84)71-48)56(80)43(14)28-31-92-36-47-26-29-68-30-27-47/h26-27,29-30,37-46,48-56,80H,25,28,31-36H2,1-24H3,(H,69,82)(H,70,81)(H,71,84)(H,72,83)/t43-,44-,45+,46-,48-,49-,50+,51-,52-,53-,54-,55-,56-/m1/s1. The molecule has 1 saturated heterocycles. The largest absolute Gasteiger partial charge is 0.390 e. The van der Waals surface area contributed by atoms with Crippen LogP contribution in [0.3, 0.4) is 0 Å². The van der Waals surface area contributed by atoms with E-state index >= 15 is 19.2 Å². The van der Waals surface area contributed by atoms with Crippen LogP contribution in [0, 0.1) is 41.4 Å². The topological polar surface area (TPSA) is 301 Å². The van der Waals surface area contributed by atoms with Crippen molar-refractivity contribution in [3.8, 4) is 0 Å². The maximum absolute atomic E-state index is 15.4. The van der Waals surface area contributed by atoms with Crippen molar-refractivity contribution in [1.82, 2.24) is 60.6 Å². The predicted octanol–water partition coefficient (Wildman–Crippen LogP) is 3.69. The summed E-state index contributed by atoms with van der Waals surface area (Å²) in [4.78, 5) is 175. The number of aromatic nitrogens is 1. The van der Waals surface area contributed by atoms with E-state index in [1.807, 2.05) is 55.4 Å². The van der Waals surface area contributed by atoms with Gasteiger partial charge in [0, 0.05) is 68.3 Å². The quantitative estimate of drug-likeness (QED) is 0.131. The number of aliphatic hydroxyl groups is 1. The Balaban J connectivity index is 2.99. The highest BCUT2D eigenvalue weighted by Gasteiger charge is 2.46. The zero-order chi connectivity index (χ0) is 70.7. The Hall–Kier alpha value is -6.76. The molecule has 1 aromatic rings. The first kappa shape index (κ1) is 81.3. The first-order valence-electron chi connectivity index (χ1n) is 32.9. The van der Waals surface area contributed by atoms with Gasteiger partial charge in [-0.15, -0.1) is 0 Å². The number of carbonyl (C=O) groups is 11. The number of nitrogens with one attached hydrogen (secondary N) is 4. The average molecular weight is 1300 g/mol. The van der Waals surface area contributed by atoms with Crippen molar-refractivity contribution in [2.45, 2.75) is 235 Å². The van der Waals surface area contributed by atoms with Crippen molar-refractivity contribution in [2.75, 3.05) is 55.9 Å². The van der Waals surface area contributed by atoms with Crippen molar-refractivity contribution in [3.05, 3.63) is 30.1 Å². The second-order valence-corrected chi connectivity index (χ2v) is 27.9. The van der Waals surface area contributed by atoms with E-state index in [4.69, 9.17) is 4.74 Å². The second kappa shape index (κ2) is 37.2.